The van der Waals surface area contributed by atoms with Crippen LogP contribution in [0.3, 0.4) is 0 Å². The lowest BCUT2D eigenvalue weighted by molar-refractivity contribution is -0.344. The van der Waals surface area contributed by atoms with Gasteiger partial charge in [0.05, 0.1) is 6.61 Å². The van der Waals surface area contributed by atoms with Gasteiger partial charge < -0.3 is 17.7 Å². The second kappa shape index (κ2) is 12.5. The normalized spacial score (nSPS) is 15.1. The van der Waals surface area contributed by atoms with Crippen LogP contribution >= 0.6 is 0 Å². The number of hydrogen-bond donors (Lipinski definition) is 0. The molecule has 0 bridgehead atoms. The first kappa shape index (κ1) is 34.7. The van der Waals surface area contributed by atoms with Crippen molar-refractivity contribution in [3.05, 3.63) is 12.2 Å². The summed E-state index contributed by atoms with van der Waals surface area (Å²) < 4.78 is 123. The average molecular weight is 593 g/mol. The van der Waals surface area contributed by atoms with Crippen LogP contribution in [0, 0.1) is 5.41 Å². The molecule has 0 aliphatic heterocycles. The lowest BCUT2D eigenvalue weighted by atomic mass is 9.81. The molecule has 212 valence electrons. The summed E-state index contributed by atoms with van der Waals surface area (Å²) >= 11 is 0. The molecule has 0 heterocycles. The van der Waals surface area contributed by atoms with Crippen LogP contribution in [0.15, 0.2) is 12.2 Å². The molecule has 0 atom stereocenters. The molecule has 0 aromatic rings. The van der Waals surface area contributed by atoms with Crippen LogP contribution < -0.4 is 0 Å². The van der Waals surface area contributed by atoms with Gasteiger partial charge in [-0.05, 0) is 24.7 Å². The molecule has 0 aromatic heterocycles. The summed E-state index contributed by atoms with van der Waals surface area (Å²) in [5.74, 6) is -21.6. The van der Waals surface area contributed by atoms with Crippen LogP contribution in [0.25, 0.3) is 0 Å². The molecule has 0 aliphatic rings. The van der Waals surface area contributed by atoms with Crippen molar-refractivity contribution < 1.29 is 62.4 Å². The Morgan fingerprint density at radius 1 is 0.861 bits per heavy atom. The standard InChI is InChI=1S/C19H32F8O6Si3/c1-15(2,16(3,4)34-32-35-33-36(5,6)7)10-30-12(28)8-9-13(29)31-11-17(22,23)19(26,27)18(24,25)14(20)21/h8-9,14H,10-11,34-35H2,1-7H3/b9-8+. The third kappa shape index (κ3) is 9.86. The Morgan fingerprint density at radius 3 is 1.72 bits per heavy atom. The molecule has 0 aliphatic carbocycles. The van der Waals surface area contributed by atoms with Crippen LogP contribution in [0.2, 0.25) is 24.7 Å². The Labute approximate surface area is 210 Å². The number of ether oxygens (including phenoxy) is 2. The number of alkyl halides is 8. The highest BCUT2D eigenvalue weighted by molar-refractivity contribution is 6.73. The molecule has 0 aromatic carbocycles. The monoisotopic (exact) mass is 592 g/mol. The van der Waals surface area contributed by atoms with Gasteiger partial charge in [0.1, 0.15) is 0 Å². The maximum absolute atomic E-state index is 13.4. The Balaban J connectivity index is 4.84. The minimum Gasteiger partial charge on any atom is -0.462 e. The maximum atomic E-state index is 13.4. The maximum Gasteiger partial charge on any atom is 0.381 e. The molecule has 0 N–H and O–H groups in total. The highest BCUT2D eigenvalue weighted by atomic mass is 28.4. The smallest absolute Gasteiger partial charge is 0.381 e. The molecule has 0 unspecified atom stereocenters. The van der Waals surface area contributed by atoms with Crippen molar-refractivity contribution in [1.82, 2.24) is 0 Å². The fourth-order valence-corrected chi connectivity index (χ4v) is 7.39. The van der Waals surface area contributed by atoms with E-state index in [1.165, 1.54) is 0 Å². The summed E-state index contributed by atoms with van der Waals surface area (Å²) in [7, 11) is -3.93. The Morgan fingerprint density at radius 2 is 1.31 bits per heavy atom. The van der Waals surface area contributed by atoms with E-state index < -0.39 is 76.2 Å². The van der Waals surface area contributed by atoms with E-state index in [1.54, 1.807) is 0 Å². The van der Waals surface area contributed by atoms with Crippen LogP contribution in [-0.2, 0) is 27.3 Å². The van der Waals surface area contributed by atoms with Crippen LogP contribution in [0.1, 0.15) is 27.7 Å². The third-order valence-electron chi connectivity index (χ3n) is 5.35. The molecule has 36 heavy (non-hydrogen) atoms. The zero-order valence-electron chi connectivity index (χ0n) is 21.0. The molecule has 17 heteroatoms. The summed E-state index contributed by atoms with van der Waals surface area (Å²) in [4.78, 5) is 23.3. The SMILES string of the molecule is CC(C)(COC(=O)/C=C/C(=O)OCC(F)(F)C(F)(F)C(F)(F)C(F)F)C(C)(C)[SiH2]O[SiH2]O[Si](C)(C)C. The zero-order valence-corrected chi connectivity index (χ0v) is 24.9. The molecule has 0 spiro atoms. The molecular formula is C19H32F8O6Si3. The van der Waals surface area contributed by atoms with Gasteiger partial charge in [-0.15, -0.1) is 0 Å². The second-order valence-electron chi connectivity index (χ2n) is 10.2. The van der Waals surface area contributed by atoms with Crippen LogP contribution in [0.5, 0.6) is 0 Å². The molecule has 0 radical (unpaired) electrons. The van der Waals surface area contributed by atoms with Gasteiger partial charge in [-0.1, -0.05) is 27.7 Å². The summed E-state index contributed by atoms with van der Waals surface area (Å²) in [5.41, 5.74) is -0.583. The third-order valence-corrected chi connectivity index (χ3v) is 12.4. The number of rotatable bonds is 15. The largest absolute Gasteiger partial charge is 0.462 e. The summed E-state index contributed by atoms with van der Waals surface area (Å²) in [6.45, 7) is 10.8. The predicted molar refractivity (Wildman–Crippen MR) is 122 cm³/mol. The van der Waals surface area contributed by atoms with Gasteiger partial charge in [-0.25, -0.2) is 18.4 Å². The Kier molecular flexibility index (Phi) is 12.0. The van der Waals surface area contributed by atoms with Crippen molar-refractivity contribution in [2.75, 3.05) is 13.2 Å². The fourth-order valence-electron chi connectivity index (χ4n) is 2.02. The first-order chi connectivity index (χ1) is 15.9. The Hall–Kier alpha value is -1.31. The van der Waals surface area contributed by atoms with E-state index in [-0.39, 0.29) is 17.7 Å². The van der Waals surface area contributed by atoms with Gasteiger partial charge in [0.15, 0.2) is 24.7 Å². The fraction of sp³-hybridized carbons (Fsp3) is 0.789. The first-order valence-corrected chi connectivity index (χ1v) is 16.4. The number of hydrogen-bond acceptors (Lipinski definition) is 6. The average Bonchev–Trinajstić information content (AvgIpc) is 2.71. The van der Waals surface area contributed by atoms with E-state index in [1.807, 2.05) is 47.3 Å². The highest BCUT2D eigenvalue weighted by Gasteiger charge is 2.75. The first-order valence-electron chi connectivity index (χ1n) is 10.5. The van der Waals surface area contributed by atoms with E-state index in [0.29, 0.717) is 6.08 Å². The minimum absolute atomic E-state index is 0.127. The summed E-state index contributed by atoms with van der Waals surface area (Å²) in [6, 6.07) is 0. The van der Waals surface area contributed by atoms with Gasteiger partial charge in [0.2, 0.25) is 0 Å². The van der Waals surface area contributed by atoms with Crippen molar-refractivity contribution in [3.63, 3.8) is 0 Å². The van der Waals surface area contributed by atoms with Gasteiger partial charge in [-0.3, -0.25) is 0 Å². The topological polar surface area (TPSA) is 71.1 Å². The summed E-state index contributed by atoms with van der Waals surface area (Å²) in [5, 5.41) is -0.358. The van der Waals surface area contributed by atoms with Crippen molar-refractivity contribution >= 4 is 40.0 Å². The van der Waals surface area contributed by atoms with Crippen LogP contribution in [0.4, 0.5) is 35.1 Å². The number of esters is 2. The van der Waals surface area contributed by atoms with Gasteiger partial charge in [0.25, 0.3) is 10.0 Å². The lowest BCUT2D eigenvalue weighted by Gasteiger charge is -2.40. The predicted octanol–water partition coefficient (Wildman–Crippen LogP) is 3.98. The lowest BCUT2D eigenvalue weighted by Crippen LogP contribution is -2.59. The molecule has 0 amide bonds. The number of halogens is 8. The molecule has 0 saturated carbocycles. The minimum atomic E-state index is -6.51. The van der Waals surface area contributed by atoms with Crippen molar-refractivity contribution in [2.45, 2.75) is 76.6 Å². The van der Waals surface area contributed by atoms with E-state index in [9.17, 15) is 44.7 Å². The second-order valence-corrected chi connectivity index (χ2v) is 19.5. The van der Waals surface area contributed by atoms with E-state index in [0.717, 1.165) is 0 Å². The van der Waals surface area contributed by atoms with Crippen molar-refractivity contribution in [1.29, 1.82) is 0 Å². The molecular weight excluding hydrogens is 560 g/mol. The number of carbonyl (C=O) groups excluding carboxylic acids is 2. The Bertz CT molecular complexity index is 786. The quantitative estimate of drug-likeness (QED) is 0.0943. The van der Waals surface area contributed by atoms with Crippen molar-refractivity contribution in [2.24, 2.45) is 5.41 Å². The number of carbonyl (C=O) groups is 2. The van der Waals surface area contributed by atoms with E-state index in [4.69, 9.17) is 13.0 Å². The molecule has 0 saturated heterocycles. The summed E-state index contributed by atoms with van der Waals surface area (Å²) in [6.07, 6.45) is -4.39. The van der Waals surface area contributed by atoms with Gasteiger partial charge in [0, 0.05) is 17.6 Å². The van der Waals surface area contributed by atoms with Crippen LogP contribution in [-0.4, -0.2) is 77.4 Å². The van der Waals surface area contributed by atoms with E-state index in [2.05, 4.69) is 4.74 Å². The van der Waals surface area contributed by atoms with Gasteiger partial charge in [-0.2, -0.15) is 26.3 Å². The molecule has 6 nitrogen and oxygen atoms in total. The van der Waals surface area contributed by atoms with Crippen molar-refractivity contribution in [3.8, 4) is 0 Å². The molecule has 0 fully saturated rings. The molecule has 0 rings (SSSR count). The highest BCUT2D eigenvalue weighted by Crippen LogP contribution is 2.48. The zero-order chi connectivity index (χ0) is 28.8. The van der Waals surface area contributed by atoms with Gasteiger partial charge >= 0.3 is 36.1 Å². The van der Waals surface area contributed by atoms with E-state index >= 15 is 0 Å².